The first-order valence-corrected chi connectivity index (χ1v) is 8.95. The van der Waals surface area contributed by atoms with Crippen molar-refractivity contribution in [2.24, 2.45) is 4.99 Å². The molecule has 6 nitrogen and oxygen atoms in total. The van der Waals surface area contributed by atoms with Gasteiger partial charge >= 0.3 is 0 Å². The maximum atomic E-state index is 13.0. The molecule has 1 aromatic carbocycles. The molecule has 0 bridgehead atoms. The van der Waals surface area contributed by atoms with Crippen molar-refractivity contribution in [3.05, 3.63) is 35.4 Å². The van der Waals surface area contributed by atoms with Crippen LogP contribution >= 0.6 is 0 Å². The average Bonchev–Trinajstić information content (AvgIpc) is 3.17. The fourth-order valence-electron chi connectivity index (χ4n) is 4.18. The zero-order valence-electron chi connectivity index (χ0n) is 14.8. The van der Waals surface area contributed by atoms with Crippen molar-refractivity contribution in [1.82, 2.24) is 15.1 Å². The van der Waals surface area contributed by atoms with E-state index in [4.69, 9.17) is 0 Å². The molecule has 1 aromatic rings. The van der Waals surface area contributed by atoms with E-state index in [1.54, 1.807) is 0 Å². The van der Waals surface area contributed by atoms with Crippen molar-refractivity contribution >= 4 is 17.8 Å². The van der Waals surface area contributed by atoms with Gasteiger partial charge in [-0.2, -0.15) is 0 Å². The molecule has 0 saturated carbocycles. The number of fused-ring (bicyclic) bond motifs is 1. The first kappa shape index (κ1) is 16.1. The predicted octanol–water partition coefficient (Wildman–Crippen LogP) is 1.12. The van der Waals surface area contributed by atoms with E-state index in [2.05, 4.69) is 22.4 Å². The van der Waals surface area contributed by atoms with Gasteiger partial charge < -0.3 is 9.80 Å². The van der Waals surface area contributed by atoms with E-state index in [0.717, 1.165) is 12.8 Å². The monoisotopic (exact) mass is 340 g/mol. The number of aryl methyl sites for hydroxylation is 1. The molecule has 1 N–H and O–H groups in total. The largest absolute Gasteiger partial charge is 0.349 e. The van der Waals surface area contributed by atoms with E-state index < -0.39 is 5.54 Å². The maximum Gasteiger partial charge on any atom is 0.254 e. The zero-order valence-corrected chi connectivity index (χ0v) is 14.8. The Balaban J connectivity index is 1.46. The van der Waals surface area contributed by atoms with Gasteiger partial charge in [-0.05, 0) is 36.8 Å². The van der Waals surface area contributed by atoms with Crippen LogP contribution in [-0.4, -0.2) is 60.3 Å². The van der Waals surface area contributed by atoms with Crippen LogP contribution in [0, 0.1) is 0 Å². The first-order chi connectivity index (χ1) is 12.0. The standard InChI is InChI=1S/C19H24N4O2/c1-22(2)18-20-17(25)19(21-18)9-11-23(12-10-19)16(24)15-8-7-13-5-3-4-6-14(13)15/h3-6,15H,7-12H2,1-2H3,(H,20,21,25)/t15-/m0/s1. The van der Waals surface area contributed by atoms with Gasteiger partial charge in [-0.25, -0.2) is 4.99 Å². The fourth-order valence-corrected chi connectivity index (χ4v) is 4.18. The van der Waals surface area contributed by atoms with Gasteiger partial charge in [-0.3, -0.25) is 14.9 Å². The molecular weight excluding hydrogens is 316 g/mol. The minimum atomic E-state index is -0.691. The lowest BCUT2D eigenvalue weighted by molar-refractivity contribution is -0.136. The van der Waals surface area contributed by atoms with Crippen LogP contribution in [0.2, 0.25) is 0 Å². The summed E-state index contributed by atoms with van der Waals surface area (Å²) in [5, 5.41) is 2.86. The first-order valence-electron chi connectivity index (χ1n) is 8.95. The Labute approximate surface area is 147 Å². The van der Waals surface area contributed by atoms with Crippen molar-refractivity contribution in [1.29, 1.82) is 0 Å². The molecule has 6 heteroatoms. The van der Waals surface area contributed by atoms with Crippen LogP contribution in [-0.2, 0) is 16.0 Å². The summed E-state index contributed by atoms with van der Waals surface area (Å²) in [5.41, 5.74) is 1.79. The number of piperidine rings is 1. The highest BCUT2D eigenvalue weighted by Crippen LogP contribution is 2.36. The molecule has 4 rings (SSSR count). The molecule has 0 aromatic heterocycles. The molecule has 132 valence electrons. The SMILES string of the molecule is CN(C)C1=NC2(CCN(C(=O)[C@H]3CCc4ccccc43)CC2)C(=O)N1. The van der Waals surface area contributed by atoms with Gasteiger partial charge in [0.2, 0.25) is 11.9 Å². The van der Waals surface area contributed by atoms with Gasteiger partial charge in [-0.1, -0.05) is 24.3 Å². The van der Waals surface area contributed by atoms with Crippen LogP contribution in [0.5, 0.6) is 0 Å². The molecule has 1 spiro atoms. The van der Waals surface area contributed by atoms with E-state index in [1.165, 1.54) is 11.1 Å². The normalized spacial score (nSPS) is 24.1. The fraction of sp³-hybridized carbons (Fsp3) is 0.526. The number of likely N-dealkylation sites (tertiary alicyclic amines) is 1. The number of guanidine groups is 1. The summed E-state index contributed by atoms with van der Waals surface area (Å²) in [5.74, 6) is 0.766. The average molecular weight is 340 g/mol. The van der Waals surface area contributed by atoms with E-state index in [9.17, 15) is 9.59 Å². The number of hydrogen-bond acceptors (Lipinski definition) is 4. The number of nitrogens with one attached hydrogen (secondary N) is 1. The smallest absolute Gasteiger partial charge is 0.254 e. The molecule has 1 saturated heterocycles. The maximum absolute atomic E-state index is 13.0. The molecule has 2 amide bonds. The van der Waals surface area contributed by atoms with Gasteiger partial charge in [0.1, 0.15) is 5.54 Å². The summed E-state index contributed by atoms with van der Waals surface area (Å²) in [6, 6.07) is 8.24. The topological polar surface area (TPSA) is 65.0 Å². The molecule has 1 fully saturated rings. The lowest BCUT2D eigenvalue weighted by Crippen LogP contribution is -2.51. The molecule has 3 aliphatic rings. The second kappa shape index (κ2) is 5.86. The highest BCUT2D eigenvalue weighted by Gasteiger charge is 2.47. The highest BCUT2D eigenvalue weighted by molar-refractivity contribution is 6.07. The van der Waals surface area contributed by atoms with Gasteiger partial charge in [0.15, 0.2) is 0 Å². The van der Waals surface area contributed by atoms with Crippen LogP contribution < -0.4 is 5.32 Å². The Morgan fingerprint density at radius 3 is 2.68 bits per heavy atom. The molecule has 1 atom stereocenters. The molecule has 1 aliphatic carbocycles. The molecule has 2 aliphatic heterocycles. The van der Waals surface area contributed by atoms with Crippen LogP contribution in [0.1, 0.15) is 36.3 Å². The molecule has 25 heavy (non-hydrogen) atoms. The molecular formula is C19H24N4O2. The Morgan fingerprint density at radius 2 is 2.00 bits per heavy atom. The van der Waals surface area contributed by atoms with Crippen LogP contribution in [0.25, 0.3) is 0 Å². The van der Waals surface area contributed by atoms with Gasteiger partial charge in [0.25, 0.3) is 5.91 Å². The van der Waals surface area contributed by atoms with Crippen LogP contribution in [0.15, 0.2) is 29.3 Å². The van der Waals surface area contributed by atoms with Crippen molar-refractivity contribution in [3.63, 3.8) is 0 Å². The summed E-state index contributed by atoms with van der Waals surface area (Å²) in [6.07, 6.45) is 3.05. The summed E-state index contributed by atoms with van der Waals surface area (Å²) in [4.78, 5) is 33.8. The quantitative estimate of drug-likeness (QED) is 0.833. The third-order valence-electron chi connectivity index (χ3n) is 5.72. The third kappa shape index (κ3) is 2.60. The van der Waals surface area contributed by atoms with Crippen molar-refractivity contribution in [3.8, 4) is 0 Å². The number of aliphatic imine (C=N–C) groups is 1. The number of nitrogens with zero attached hydrogens (tertiary/aromatic N) is 3. The second-order valence-electron chi connectivity index (χ2n) is 7.43. The predicted molar refractivity (Wildman–Crippen MR) is 95.3 cm³/mol. The van der Waals surface area contributed by atoms with Crippen molar-refractivity contribution < 1.29 is 9.59 Å². The van der Waals surface area contributed by atoms with Crippen LogP contribution in [0.3, 0.4) is 0 Å². The number of carbonyl (C=O) groups excluding carboxylic acids is 2. The van der Waals surface area contributed by atoms with E-state index in [-0.39, 0.29) is 17.7 Å². The Kier molecular flexibility index (Phi) is 3.78. The highest BCUT2D eigenvalue weighted by atomic mass is 16.2. The summed E-state index contributed by atoms with van der Waals surface area (Å²) in [6.45, 7) is 1.18. The Bertz CT molecular complexity index is 748. The Hall–Kier alpha value is -2.37. The van der Waals surface area contributed by atoms with Gasteiger partial charge in [-0.15, -0.1) is 0 Å². The minimum Gasteiger partial charge on any atom is -0.349 e. The second-order valence-corrected chi connectivity index (χ2v) is 7.43. The lowest BCUT2D eigenvalue weighted by Gasteiger charge is -2.36. The van der Waals surface area contributed by atoms with E-state index in [0.29, 0.717) is 31.9 Å². The summed E-state index contributed by atoms with van der Waals surface area (Å²) < 4.78 is 0. The molecule has 0 unspecified atom stereocenters. The number of hydrogen-bond donors (Lipinski definition) is 1. The van der Waals surface area contributed by atoms with Gasteiger partial charge in [0.05, 0.1) is 5.92 Å². The van der Waals surface area contributed by atoms with E-state index >= 15 is 0 Å². The summed E-state index contributed by atoms with van der Waals surface area (Å²) in [7, 11) is 3.74. The number of carbonyl (C=O) groups is 2. The van der Waals surface area contributed by atoms with E-state index in [1.807, 2.05) is 36.0 Å². The lowest BCUT2D eigenvalue weighted by atomic mass is 9.87. The van der Waals surface area contributed by atoms with Gasteiger partial charge in [0, 0.05) is 27.2 Å². The van der Waals surface area contributed by atoms with Crippen molar-refractivity contribution in [2.75, 3.05) is 27.2 Å². The number of benzene rings is 1. The molecule has 0 radical (unpaired) electrons. The third-order valence-corrected chi connectivity index (χ3v) is 5.72. The number of amides is 2. The minimum absolute atomic E-state index is 0.0245. The Morgan fingerprint density at radius 1 is 1.28 bits per heavy atom. The zero-order chi connectivity index (χ0) is 17.6. The van der Waals surface area contributed by atoms with Crippen LogP contribution in [0.4, 0.5) is 0 Å². The number of rotatable bonds is 1. The summed E-state index contributed by atoms with van der Waals surface area (Å²) >= 11 is 0. The molecule has 2 heterocycles. The van der Waals surface area contributed by atoms with Crippen molar-refractivity contribution in [2.45, 2.75) is 37.1 Å².